The van der Waals surface area contributed by atoms with Crippen LogP contribution in [0.15, 0.2) is 67.0 Å². The molecule has 4 aromatic rings. The summed E-state index contributed by atoms with van der Waals surface area (Å²) in [5.74, 6) is 1.32. The van der Waals surface area contributed by atoms with Gasteiger partial charge < -0.3 is 9.84 Å². The van der Waals surface area contributed by atoms with Crippen LogP contribution in [0.1, 0.15) is 11.4 Å². The van der Waals surface area contributed by atoms with Crippen LogP contribution in [0.5, 0.6) is 17.4 Å². The van der Waals surface area contributed by atoms with Gasteiger partial charge in [0.1, 0.15) is 11.5 Å². The van der Waals surface area contributed by atoms with E-state index in [1.165, 1.54) is 17.1 Å². The van der Waals surface area contributed by atoms with Gasteiger partial charge in [0.25, 0.3) is 0 Å². The zero-order valence-corrected chi connectivity index (χ0v) is 14.9. The summed E-state index contributed by atoms with van der Waals surface area (Å²) >= 11 is 0. The Labute approximate surface area is 161 Å². The molecule has 0 aliphatic rings. The predicted molar refractivity (Wildman–Crippen MR) is 102 cm³/mol. The summed E-state index contributed by atoms with van der Waals surface area (Å²) in [7, 11) is 0. The van der Waals surface area contributed by atoms with Crippen molar-refractivity contribution in [1.29, 1.82) is 5.26 Å². The molecule has 2 aromatic heterocycles. The lowest BCUT2D eigenvalue weighted by atomic mass is 10.1. The van der Waals surface area contributed by atoms with E-state index < -0.39 is 0 Å². The molecular weight excluding hydrogens is 354 g/mol. The van der Waals surface area contributed by atoms with Crippen molar-refractivity contribution < 1.29 is 9.84 Å². The first kappa shape index (κ1) is 17.2. The monoisotopic (exact) mass is 369 g/mol. The van der Waals surface area contributed by atoms with Gasteiger partial charge in [0.15, 0.2) is 11.5 Å². The molecule has 2 aromatic carbocycles. The molecular formula is C21H15N5O2. The highest BCUT2D eigenvalue weighted by atomic mass is 16.5. The minimum atomic E-state index is 0.0274. The Bertz CT molecular complexity index is 1180. The highest BCUT2D eigenvalue weighted by Gasteiger charge is 2.13. The van der Waals surface area contributed by atoms with Gasteiger partial charge in [0, 0.05) is 17.7 Å². The number of nitrogens with zero attached hydrogens (tertiary/aromatic N) is 5. The van der Waals surface area contributed by atoms with E-state index in [2.05, 4.69) is 21.1 Å². The summed E-state index contributed by atoms with van der Waals surface area (Å²) in [4.78, 5) is 8.82. The van der Waals surface area contributed by atoms with E-state index in [4.69, 9.17) is 4.74 Å². The minimum Gasteiger partial charge on any atom is -0.505 e. The average Bonchev–Trinajstić information content (AvgIpc) is 3.14. The minimum absolute atomic E-state index is 0.0274. The SMILES string of the molecule is Cc1nc(Oc2cc(C#N)ccc2-n2cc(O)cn2)cc(-c2ccccc2)n1. The Balaban J connectivity index is 1.77. The first-order valence-corrected chi connectivity index (χ1v) is 8.49. The largest absolute Gasteiger partial charge is 0.505 e. The summed E-state index contributed by atoms with van der Waals surface area (Å²) in [6.45, 7) is 1.79. The van der Waals surface area contributed by atoms with E-state index in [1.807, 2.05) is 30.3 Å². The molecule has 0 bridgehead atoms. The first-order chi connectivity index (χ1) is 13.6. The number of hydrogen-bond acceptors (Lipinski definition) is 6. The molecule has 0 radical (unpaired) electrons. The highest BCUT2D eigenvalue weighted by molar-refractivity contribution is 5.60. The molecule has 1 N–H and O–H groups in total. The van der Waals surface area contributed by atoms with Crippen LogP contribution in [0, 0.1) is 18.3 Å². The standard InChI is InChI=1S/C21H15N5O2/c1-14-24-18(16-5-3-2-4-6-16)10-21(25-14)28-20-9-15(11-22)7-8-19(20)26-13-17(27)12-23-26/h2-10,12-13,27H,1H3. The molecule has 28 heavy (non-hydrogen) atoms. The van der Waals surface area contributed by atoms with Gasteiger partial charge in [-0.3, -0.25) is 0 Å². The van der Waals surface area contributed by atoms with E-state index in [9.17, 15) is 10.4 Å². The number of aromatic hydroxyl groups is 1. The molecule has 0 aliphatic carbocycles. The Morgan fingerprint density at radius 1 is 1.07 bits per heavy atom. The van der Waals surface area contributed by atoms with Crippen LogP contribution in [0.3, 0.4) is 0 Å². The number of hydrogen-bond donors (Lipinski definition) is 1. The second kappa shape index (κ2) is 7.21. The quantitative estimate of drug-likeness (QED) is 0.584. The van der Waals surface area contributed by atoms with Crippen molar-refractivity contribution in [2.75, 3.05) is 0 Å². The van der Waals surface area contributed by atoms with Gasteiger partial charge in [0.2, 0.25) is 5.88 Å². The van der Waals surface area contributed by atoms with Crippen molar-refractivity contribution >= 4 is 0 Å². The summed E-state index contributed by atoms with van der Waals surface area (Å²) in [5, 5.41) is 22.9. The van der Waals surface area contributed by atoms with Crippen LogP contribution in [-0.2, 0) is 0 Å². The summed E-state index contributed by atoms with van der Waals surface area (Å²) in [5.41, 5.74) is 2.68. The van der Waals surface area contributed by atoms with E-state index >= 15 is 0 Å². The Morgan fingerprint density at radius 2 is 1.89 bits per heavy atom. The second-order valence-electron chi connectivity index (χ2n) is 6.04. The molecule has 4 rings (SSSR count). The number of benzene rings is 2. The topological polar surface area (TPSA) is 96.8 Å². The van der Waals surface area contributed by atoms with Crippen LogP contribution in [0.25, 0.3) is 16.9 Å². The van der Waals surface area contributed by atoms with Gasteiger partial charge >= 0.3 is 0 Å². The number of nitriles is 1. The van der Waals surface area contributed by atoms with Gasteiger partial charge in [0.05, 0.1) is 29.7 Å². The van der Waals surface area contributed by atoms with Crippen LogP contribution >= 0.6 is 0 Å². The van der Waals surface area contributed by atoms with Crippen LogP contribution in [-0.4, -0.2) is 24.9 Å². The fourth-order valence-corrected chi connectivity index (χ4v) is 2.76. The maximum atomic E-state index is 9.60. The zero-order valence-electron chi connectivity index (χ0n) is 14.9. The van der Waals surface area contributed by atoms with Crippen molar-refractivity contribution in [2.24, 2.45) is 0 Å². The Hall–Kier alpha value is -4.18. The first-order valence-electron chi connectivity index (χ1n) is 8.49. The summed E-state index contributed by atoms with van der Waals surface area (Å²) < 4.78 is 7.48. The molecule has 136 valence electrons. The van der Waals surface area contributed by atoms with Gasteiger partial charge in [-0.05, 0) is 19.1 Å². The molecule has 0 saturated heterocycles. The highest BCUT2D eigenvalue weighted by Crippen LogP contribution is 2.30. The number of rotatable bonds is 4. The van der Waals surface area contributed by atoms with Crippen molar-refractivity contribution in [3.63, 3.8) is 0 Å². The number of aromatic nitrogens is 4. The van der Waals surface area contributed by atoms with Gasteiger partial charge in [-0.2, -0.15) is 15.3 Å². The third-order valence-electron chi connectivity index (χ3n) is 4.00. The number of aryl methyl sites for hydroxylation is 1. The molecule has 7 nitrogen and oxygen atoms in total. The van der Waals surface area contributed by atoms with Crippen LogP contribution in [0.4, 0.5) is 0 Å². The fourth-order valence-electron chi connectivity index (χ4n) is 2.76. The fraction of sp³-hybridized carbons (Fsp3) is 0.0476. The average molecular weight is 369 g/mol. The van der Waals surface area contributed by atoms with Crippen LogP contribution in [0.2, 0.25) is 0 Å². The molecule has 0 spiro atoms. The third kappa shape index (κ3) is 3.52. The molecule has 2 heterocycles. The Kier molecular flexibility index (Phi) is 4.44. The number of ether oxygens (including phenoxy) is 1. The molecule has 0 amide bonds. The third-order valence-corrected chi connectivity index (χ3v) is 4.00. The normalized spacial score (nSPS) is 10.4. The summed E-state index contributed by atoms with van der Waals surface area (Å²) in [6, 6.07) is 18.5. The zero-order chi connectivity index (χ0) is 19.5. The van der Waals surface area contributed by atoms with Gasteiger partial charge in [-0.1, -0.05) is 30.3 Å². The smallest absolute Gasteiger partial charge is 0.223 e. The van der Waals surface area contributed by atoms with Crippen LogP contribution < -0.4 is 4.74 Å². The lowest BCUT2D eigenvalue weighted by molar-refractivity contribution is 0.456. The van der Waals surface area contributed by atoms with Crippen molar-refractivity contribution in [3.05, 3.63) is 78.4 Å². The molecule has 0 aliphatic heterocycles. The van der Waals surface area contributed by atoms with E-state index in [0.717, 1.165) is 11.3 Å². The summed E-state index contributed by atoms with van der Waals surface area (Å²) in [6.07, 6.45) is 2.78. The lowest BCUT2D eigenvalue weighted by Gasteiger charge is -2.12. The van der Waals surface area contributed by atoms with Gasteiger partial charge in [-0.25, -0.2) is 9.67 Å². The van der Waals surface area contributed by atoms with E-state index in [1.54, 1.807) is 31.2 Å². The van der Waals surface area contributed by atoms with Crippen molar-refractivity contribution in [1.82, 2.24) is 19.7 Å². The second-order valence-corrected chi connectivity index (χ2v) is 6.04. The maximum Gasteiger partial charge on any atom is 0.223 e. The maximum absolute atomic E-state index is 9.60. The Morgan fingerprint density at radius 3 is 2.61 bits per heavy atom. The molecule has 0 atom stereocenters. The molecule has 7 heteroatoms. The molecule has 0 fully saturated rings. The van der Waals surface area contributed by atoms with Crippen molar-refractivity contribution in [2.45, 2.75) is 6.92 Å². The lowest BCUT2D eigenvalue weighted by Crippen LogP contribution is -2.01. The van der Waals surface area contributed by atoms with Crippen molar-refractivity contribution in [3.8, 4) is 40.4 Å². The van der Waals surface area contributed by atoms with E-state index in [-0.39, 0.29) is 5.75 Å². The molecule has 0 unspecified atom stereocenters. The predicted octanol–water partition coefficient (Wildman–Crippen LogP) is 4.01. The molecule has 0 saturated carbocycles. The van der Waals surface area contributed by atoms with Gasteiger partial charge in [-0.15, -0.1) is 0 Å². The van der Waals surface area contributed by atoms with E-state index in [0.29, 0.717) is 28.7 Å².